The van der Waals surface area contributed by atoms with Crippen molar-refractivity contribution in [1.82, 2.24) is 5.32 Å². The van der Waals surface area contributed by atoms with E-state index in [-0.39, 0.29) is 17.6 Å². The Hall–Kier alpha value is -2.32. The Kier molecular flexibility index (Phi) is 4.22. The normalized spacial score (nSPS) is 23.0. The molecule has 25 heavy (non-hydrogen) atoms. The summed E-state index contributed by atoms with van der Waals surface area (Å²) in [6.45, 7) is 2.06. The number of Topliss-reactive ketones (excluding diaryl/α,β-unsaturated/α-hetero) is 1. The Morgan fingerprint density at radius 2 is 1.68 bits per heavy atom. The van der Waals surface area contributed by atoms with E-state index in [0.717, 1.165) is 29.0 Å². The van der Waals surface area contributed by atoms with Crippen LogP contribution in [0.4, 0.5) is 0 Å². The second-order valence-electron chi connectivity index (χ2n) is 6.84. The second kappa shape index (κ2) is 6.53. The van der Waals surface area contributed by atoms with Gasteiger partial charge in [-0.3, -0.25) is 4.79 Å². The predicted octanol–water partition coefficient (Wildman–Crippen LogP) is 5.33. The highest BCUT2D eigenvalue weighted by molar-refractivity contribution is 6.30. The average molecular weight is 350 g/mol. The lowest BCUT2D eigenvalue weighted by Gasteiger charge is -2.34. The highest BCUT2D eigenvalue weighted by atomic mass is 35.5. The lowest BCUT2D eigenvalue weighted by atomic mass is 9.74. The molecule has 0 saturated heterocycles. The first-order chi connectivity index (χ1) is 12.1. The molecule has 2 aromatic carbocycles. The first-order valence-corrected chi connectivity index (χ1v) is 9.01. The van der Waals surface area contributed by atoms with E-state index >= 15 is 0 Å². The molecule has 0 spiro atoms. The lowest BCUT2D eigenvalue weighted by molar-refractivity contribution is -0.116. The van der Waals surface area contributed by atoms with Crippen molar-refractivity contribution in [3.63, 3.8) is 0 Å². The number of ketones is 1. The lowest BCUT2D eigenvalue weighted by Crippen LogP contribution is -2.31. The molecule has 4 rings (SSSR count). The fourth-order valence-electron chi connectivity index (χ4n) is 3.92. The van der Waals surface area contributed by atoms with Crippen LogP contribution in [0.1, 0.15) is 42.7 Å². The standard InChI is InChI=1S/C22H20ClNO/c1-14-11-19(16-7-9-18(23)10-8-16)22-20(24-14)12-17(13-21(22)25)15-5-3-2-4-6-15/h2-11,17,19,24H,12-13H2,1H3. The third kappa shape index (κ3) is 3.14. The summed E-state index contributed by atoms with van der Waals surface area (Å²) in [6, 6.07) is 18.1. The zero-order valence-electron chi connectivity index (χ0n) is 14.1. The van der Waals surface area contributed by atoms with Gasteiger partial charge < -0.3 is 5.32 Å². The van der Waals surface area contributed by atoms with Gasteiger partial charge in [0.05, 0.1) is 0 Å². The number of hydrogen-bond donors (Lipinski definition) is 1. The zero-order chi connectivity index (χ0) is 17.4. The van der Waals surface area contributed by atoms with E-state index in [0.29, 0.717) is 11.4 Å². The van der Waals surface area contributed by atoms with Crippen LogP contribution in [-0.2, 0) is 4.79 Å². The maximum Gasteiger partial charge on any atom is 0.162 e. The van der Waals surface area contributed by atoms with E-state index in [1.807, 2.05) is 42.5 Å². The molecule has 2 unspecified atom stereocenters. The van der Waals surface area contributed by atoms with Crippen LogP contribution in [0.3, 0.4) is 0 Å². The van der Waals surface area contributed by atoms with Gasteiger partial charge >= 0.3 is 0 Å². The van der Waals surface area contributed by atoms with Gasteiger partial charge in [0.2, 0.25) is 0 Å². The van der Waals surface area contributed by atoms with E-state index in [4.69, 9.17) is 11.6 Å². The van der Waals surface area contributed by atoms with E-state index in [2.05, 4.69) is 30.4 Å². The minimum Gasteiger partial charge on any atom is -0.362 e. The topological polar surface area (TPSA) is 29.1 Å². The molecule has 0 bridgehead atoms. The summed E-state index contributed by atoms with van der Waals surface area (Å²) < 4.78 is 0. The summed E-state index contributed by atoms with van der Waals surface area (Å²) >= 11 is 6.03. The number of benzene rings is 2. The first-order valence-electron chi connectivity index (χ1n) is 8.64. The molecule has 2 aromatic rings. The third-order valence-electron chi connectivity index (χ3n) is 5.08. The molecule has 0 saturated carbocycles. The largest absolute Gasteiger partial charge is 0.362 e. The van der Waals surface area contributed by atoms with E-state index in [1.54, 1.807) is 0 Å². The maximum atomic E-state index is 13.0. The fraction of sp³-hybridized carbons (Fsp3) is 0.227. The Morgan fingerprint density at radius 1 is 0.960 bits per heavy atom. The molecule has 2 aliphatic rings. The highest BCUT2D eigenvalue weighted by Crippen LogP contribution is 2.42. The van der Waals surface area contributed by atoms with E-state index in [1.165, 1.54) is 5.56 Å². The van der Waals surface area contributed by atoms with Crippen molar-refractivity contribution in [2.75, 3.05) is 0 Å². The Morgan fingerprint density at radius 3 is 2.40 bits per heavy atom. The number of carbonyl (C=O) groups excluding carboxylic acids is 1. The number of hydrogen-bond acceptors (Lipinski definition) is 2. The zero-order valence-corrected chi connectivity index (χ0v) is 14.9. The summed E-state index contributed by atoms with van der Waals surface area (Å²) in [7, 11) is 0. The number of dihydropyridines is 1. The van der Waals surface area contributed by atoms with Crippen molar-refractivity contribution in [3.05, 3.63) is 93.8 Å². The van der Waals surface area contributed by atoms with Crippen LogP contribution in [0.15, 0.2) is 77.6 Å². The minimum absolute atomic E-state index is 0.0118. The smallest absolute Gasteiger partial charge is 0.162 e. The van der Waals surface area contributed by atoms with Crippen LogP contribution in [0, 0.1) is 0 Å². The Balaban J connectivity index is 1.71. The van der Waals surface area contributed by atoms with Crippen molar-refractivity contribution in [2.45, 2.75) is 31.6 Å². The monoisotopic (exact) mass is 349 g/mol. The molecule has 0 radical (unpaired) electrons. The van der Waals surface area contributed by atoms with Gasteiger partial charge in [-0.25, -0.2) is 0 Å². The fourth-order valence-corrected chi connectivity index (χ4v) is 4.04. The molecule has 2 nitrogen and oxygen atoms in total. The molecule has 2 atom stereocenters. The summed E-state index contributed by atoms with van der Waals surface area (Å²) in [5.74, 6) is 0.501. The maximum absolute atomic E-state index is 13.0. The Labute approximate surface area is 153 Å². The molecule has 0 amide bonds. The molecule has 3 heteroatoms. The number of halogens is 1. The minimum atomic E-state index is 0.0118. The van der Waals surface area contributed by atoms with Crippen LogP contribution < -0.4 is 5.32 Å². The van der Waals surface area contributed by atoms with Gasteiger partial charge in [0, 0.05) is 34.3 Å². The summed E-state index contributed by atoms with van der Waals surface area (Å²) in [6.07, 6.45) is 3.59. The van der Waals surface area contributed by atoms with Gasteiger partial charge in [0.25, 0.3) is 0 Å². The molecule has 1 heterocycles. The number of nitrogens with one attached hydrogen (secondary N) is 1. The van der Waals surface area contributed by atoms with Gasteiger partial charge in [-0.2, -0.15) is 0 Å². The SMILES string of the molecule is CC1=CC(c2ccc(Cl)cc2)C2=C(CC(c3ccccc3)CC2=O)N1. The van der Waals surface area contributed by atoms with Crippen LogP contribution in [0.2, 0.25) is 5.02 Å². The van der Waals surface area contributed by atoms with Crippen LogP contribution in [0.25, 0.3) is 0 Å². The second-order valence-corrected chi connectivity index (χ2v) is 7.27. The van der Waals surface area contributed by atoms with E-state index in [9.17, 15) is 4.79 Å². The third-order valence-corrected chi connectivity index (χ3v) is 5.34. The van der Waals surface area contributed by atoms with Gasteiger partial charge in [-0.15, -0.1) is 0 Å². The van der Waals surface area contributed by atoms with Crippen molar-refractivity contribution >= 4 is 17.4 Å². The van der Waals surface area contributed by atoms with Crippen LogP contribution in [-0.4, -0.2) is 5.78 Å². The molecule has 126 valence electrons. The van der Waals surface area contributed by atoms with Crippen molar-refractivity contribution in [2.24, 2.45) is 0 Å². The summed E-state index contributed by atoms with van der Waals surface area (Å²) in [5, 5.41) is 4.17. The van der Waals surface area contributed by atoms with Gasteiger partial charge in [0.1, 0.15) is 0 Å². The molecule has 1 N–H and O–H groups in total. The summed E-state index contributed by atoms with van der Waals surface area (Å²) in [5.41, 5.74) is 5.44. The van der Waals surface area contributed by atoms with Crippen LogP contribution >= 0.6 is 11.6 Å². The van der Waals surface area contributed by atoms with Crippen LogP contribution in [0.5, 0.6) is 0 Å². The Bertz CT molecular complexity index is 865. The van der Waals surface area contributed by atoms with Gasteiger partial charge in [-0.1, -0.05) is 60.1 Å². The van der Waals surface area contributed by atoms with Crippen molar-refractivity contribution in [1.29, 1.82) is 0 Å². The first kappa shape index (κ1) is 16.2. The molecule has 0 fully saturated rings. The number of allylic oxidation sites excluding steroid dienone is 4. The van der Waals surface area contributed by atoms with Crippen molar-refractivity contribution < 1.29 is 4.79 Å². The van der Waals surface area contributed by atoms with E-state index < -0.39 is 0 Å². The molecule has 1 aliphatic carbocycles. The van der Waals surface area contributed by atoms with Gasteiger partial charge in [0.15, 0.2) is 5.78 Å². The quantitative estimate of drug-likeness (QED) is 0.793. The molecule has 0 aromatic heterocycles. The van der Waals surface area contributed by atoms with Gasteiger partial charge in [-0.05, 0) is 42.5 Å². The van der Waals surface area contributed by atoms with Crippen molar-refractivity contribution in [3.8, 4) is 0 Å². The highest BCUT2D eigenvalue weighted by Gasteiger charge is 2.34. The summed E-state index contributed by atoms with van der Waals surface area (Å²) in [4.78, 5) is 13.0. The molecule has 1 aliphatic heterocycles. The average Bonchev–Trinajstić information content (AvgIpc) is 2.62. The number of rotatable bonds is 2. The molecular formula is C22H20ClNO. The predicted molar refractivity (Wildman–Crippen MR) is 102 cm³/mol. The number of carbonyl (C=O) groups is 1. The molecular weight excluding hydrogens is 330 g/mol.